The van der Waals surface area contributed by atoms with Crippen molar-refractivity contribution in [2.45, 2.75) is 26.9 Å². The summed E-state index contributed by atoms with van der Waals surface area (Å²) >= 11 is 0. The molecule has 0 atom stereocenters. The molecule has 4 aromatic rings. The third-order valence-corrected chi connectivity index (χ3v) is 7.09. The van der Waals surface area contributed by atoms with Crippen LogP contribution in [0.4, 0.5) is 11.4 Å². The van der Waals surface area contributed by atoms with Gasteiger partial charge in [-0.1, -0.05) is 54.1 Å². The van der Waals surface area contributed by atoms with Crippen molar-refractivity contribution in [3.63, 3.8) is 0 Å². The van der Waals surface area contributed by atoms with Crippen LogP contribution in [0.5, 0.6) is 5.75 Å². The largest absolute Gasteiger partial charge is 0.423 e. The minimum atomic E-state index is -0.335. The van der Waals surface area contributed by atoms with Crippen molar-refractivity contribution in [2.75, 3.05) is 22.9 Å². The SMILES string of the molecule is Cc1ccc2c(c1)CN1CCN2Cc2cc(-c3c(C)cccc3C(=O)Oc3ccccc3)ccc21. The van der Waals surface area contributed by atoms with Crippen LogP contribution in [-0.2, 0) is 13.1 Å². The summed E-state index contributed by atoms with van der Waals surface area (Å²) in [6.45, 7) is 7.98. The van der Waals surface area contributed by atoms with Gasteiger partial charge < -0.3 is 14.5 Å². The number of carbonyl (C=O) groups is 1. The topological polar surface area (TPSA) is 32.8 Å². The Morgan fingerprint density at radius 1 is 0.743 bits per heavy atom. The average molecular weight is 461 g/mol. The number of ether oxygens (including phenoxy) is 1. The summed E-state index contributed by atoms with van der Waals surface area (Å²) in [5.74, 6) is 0.215. The number of hydrogen-bond donors (Lipinski definition) is 0. The molecule has 0 unspecified atom stereocenters. The molecule has 0 radical (unpaired) electrons. The molecule has 2 aliphatic heterocycles. The molecule has 4 nitrogen and oxygen atoms in total. The highest BCUT2D eigenvalue weighted by Crippen LogP contribution is 2.38. The first-order valence-corrected chi connectivity index (χ1v) is 12.2. The Morgan fingerprint density at radius 3 is 2.17 bits per heavy atom. The molecule has 0 fully saturated rings. The van der Waals surface area contributed by atoms with E-state index in [-0.39, 0.29) is 5.97 Å². The van der Waals surface area contributed by atoms with E-state index in [0.717, 1.165) is 42.9 Å². The van der Waals surface area contributed by atoms with E-state index >= 15 is 0 Å². The van der Waals surface area contributed by atoms with Gasteiger partial charge in [0.15, 0.2) is 0 Å². The molecule has 0 spiro atoms. The number of nitrogens with zero attached hydrogens (tertiary/aromatic N) is 2. The second kappa shape index (κ2) is 8.62. The Bertz CT molecular complexity index is 1430. The number of esters is 1. The van der Waals surface area contributed by atoms with E-state index in [9.17, 15) is 4.79 Å². The zero-order chi connectivity index (χ0) is 23.9. The van der Waals surface area contributed by atoms with Crippen LogP contribution in [0, 0.1) is 13.8 Å². The number of hydrogen-bond acceptors (Lipinski definition) is 4. The molecule has 2 heterocycles. The normalized spacial score (nSPS) is 14.1. The summed E-state index contributed by atoms with van der Waals surface area (Å²) in [4.78, 5) is 18.2. The maximum absolute atomic E-state index is 13.2. The molecule has 6 rings (SSSR count). The van der Waals surface area contributed by atoms with Crippen molar-refractivity contribution in [3.05, 3.63) is 113 Å². The predicted molar refractivity (Wildman–Crippen MR) is 141 cm³/mol. The van der Waals surface area contributed by atoms with E-state index in [0.29, 0.717) is 11.3 Å². The highest BCUT2D eigenvalue weighted by molar-refractivity contribution is 5.99. The Balaban J connectivity index is 1.39. The molecule has 174 valence electrons. The van der Waals surface area contributed by atoms with Crippen LogP contribution >= 0.6 is 0 Å². The van der Waals surface area contributed by atoms with Gasteiger partial charge in [0.2, 0.25) is 0 Å². The first-order valence-electron chi connectivity index (χ1n) is 12.2. The quantitative estimate of drug-likeness (QED) is 0.257. The summed E-state index contributed by atoms with van der Waals surface area (Å²) in [6, 6.07) is 28.5. The third-order valence-electron chi connectivity index (χ3n) is 7.09. The van der Waals surface area contributed by atoms with Crippen molar-refractivity contribution >= 4 is 17.3 Å². The van der Waals surface area contributed by atoms with Gasteiger partial charge in [-0.3, -0.25) is 0 Å². The van der Waals surface area contributed by atoms with Gasteiger partial charge >= 0.3 is 5.97 Å². The molecule has 0 saturated carbocycles. The molecule has 2 aliphatic rings. The van der Waals surface area contributed by atoms with Gasteiger partial charge in [-0.15, -0.1) is 0 Å². The standard InChI is InChI=1S/C31H28N2O2/c1-21-11-13-28-24(17-21)19-32-15-16-33(28)20-25-18-23(12-14-29(25)32)30-22(2)7-6-10-27(30)31(34)35-26-8-4-3-5-9-26/h3-14,17-18H,15-16,19-20H2,1-2H3. The minimum absolute atomic E-state index is 0.335. The van der Waals surface area contributed by atoms with Crippen molar-refractivity contribution in [3.8, 4) is 16.9 Å². The van der Waals surface area contributed by atoms with Crippen molar-refractivity contribution in [1.29, 1.82) is 0 Å². The molecule has 35 heavy (non-hydrogen) atoms. The number of benzene rings is 4. The van der Waals surface area contributed by atoms with Gasteiger partial charge in [-0.05, 0) is 78.1 Å². The van der Waals surface area contributed by atoms with E-state index < -0.39 is 0 Å². The molecule has 0 aliphatic carbocycles. The number of para-hydroxylation sites is 1. The Hall–Kier alpha value is -4.05. The fourth-order valence-electron chi connectivity index (χ4n) is 5.42. The highest BCUT2D eigenvalue weighted by Gasteiger charge is 2.27. The lowest BCUT2D eigenvalue weighted by Gasteiger charge is -2.28. The maximum Gasteiger partial charge on any atom is 0.344 e. The van der Waals surface area contributed by atoms with E-state index in [2.05, 4.69) is 66.1 Å². The van der Waals surface area contributed by atoms with Crippen LogP contribution in [-0.4, -0.2) is 19.1 Å². The number of anilines is 2. The fourth-order valence-corrected chi connectivity index (χ4v) is 5.42. The Morgan fingerprint density at radius 2 is 1.43 bits per heavy atom. The molecule has 4 aromatic carbocycles. The summed E-state index contributed by atoms with van der Waals surface area (Å²) in [5, 5.41) is 0. The van der Waals surface area contributed by atoms with Crippen LogP contribution in [0.25, 0.3) is 11.1 Å². The van der Waals surface area contributed by atoms with Gasteiger partial charge in [0.05, 0.1) is 5.56 Å². The zero-order valence-corrected chi connectivity index (χ0v) is 20.1. The zero-order valence-electron chi connectivity index (χ0n) is 20.1. The monoisotopic (exact) mass is 460 g/mol. The molecular weight excluding hydrogens is 432 g/mol. The van der Waals surface area contributed by atoms with Crippen molar-refractivity contribution in [1.82, 2.24) is 0 Å². The Kier molecular flexibility index (Phi) is 5.29. The summed E-state index contributed by atoms with van der Waals surface area (Å²) in [6.07, 6.45) is 0. The lowest BCUT2D eigenvalue weighted by atomic mass is 9.92. The van der Waals surface area contributed by atoms with Crippen LogP contribution in [0.15, 0.2) is 84.9 Å². The van der Waals surface area contributed by atoms with E-state index in [1.165, 1.54) is 28.1 Å². The average Bonchev–Trinajstić information content (AvgIpc) is 3.14. The van der Waals surface area contributed by atoms with Gasteiger partial charge in [0, 0.05) is 37.6 Å². The van der Waals surface area contributed by atoms with E-state index in [1.807, 2.05) is 30.3 Å². The van der Waals surface area contributed by atoms with Gasteiger partial charge in [0.25, 0.3) is 0 Å². The van der Waals surface area contributed by atoms with Gasteiger partial charge in [-0.25, -0.2) is 4.79 Å². The fraction of sp³-hybridized carbons (Fsp3) is 0.194. The van der Waals surface area contributed by atoms with Crippen molar-refractivity contribution < 1.29 is 9.53 Å². The second-order valence-corrected chi connectivity index (χ2v) is 9.52. The number of carbonyl (C=O) groups excluding carboxylic acids is 1. The van der Waals surface area contributed by atoms with Crippen molar-refractivity contribution in [2.24, 2.45) is 0 Å². The lowest BCUT2D eigenvalue weighted by Crippen LogP contribution is -2.26. The van der Waals surface area contributed by atoms with Crippen LogP contribution in [0.3, 0.4) is 0 Å². The summed E-state index contributed by atoms with van der Waals surface area (Å²) in [5.41, 5.74) is 10.2. The predicted octanol–water partition coefficient (Wildman–Crippen LogP) is 6.53. The summed E-state index contributed by atoms with van der Waals surface area (Å²) < 4.78 is 5.70. The smallest absolute Gasteiger partial charge is 0.344 e. The highest BCUT2D eigenvalue weighted by atomic mass is 16.5. The number of fused-ring (bicyclic) bond motifs is 7. The van der Waals surface area contributed by atoms with E-state index in [1.54, 1.807) is 12.1 Å². The van der Waals surface area contributed by atoms with Gasteiger partial charge in [-0.2, -0.15) is 0 Å². The summed E-state index contributed by atoms with van der Waals surface area (Å²) in [7, 11) is 0. The van der Waals surface area contributed by atoms with Gasteiger partial charge in [0.1, 0.15) is 5.75 Å². The molecule has 0 saturated heterocycles. The lowest BCUT2D eigenvalue weighted by molar-refractivity contribution is 0.0735. The van der Waals surface area contributed by atoms with E-state index in [4.69, 9.17) is 4.74 Å². The second-order valence-electron chi connectivity index (χ2n) is 9.52. The molecular formula is C31H28N2O2. The minimum Gasteiger partial charge on any atom is -0.423 e. The van der Waals surface area contributed by atoms with Crippen LogP contribution in [0.1, 0.15) is 32.6 Å². The van der Waals surface area contributed by atoms with Crippen LogP contribution in [0.2, 0.25) is 0 Å². The molecule has 2 bridgehead atoms. The number of rotatable bonds is 3. The molecule has 4 heteroatoms. The first kappa shape index (κ1) is 21.5. The first-order chi connectivity index (χ1) is 17.1. The molecule has 0 N–H and O–H groups in total. The Labute approximate surface area is 206 Å². The van der Waals surface area contributed by atoms with Crippen LogP contribution < -0.4 is 14.5 Å². The maximum atomic E-state index is 13.2. The molecule has 0 amide bonds. The third kappa shape index (κ3) is 3.95. The molecule has 0 aromatic heterocycles. The number of aryl methyl sites for hydroxylation is 2.